The Morgan fingerprint density at radius 3 is 2.28 bits per heavy atom. The van der Waals surface area contributed by atoms with E-state index in [1.54, 1.807) is 0 Å². The van der Waals surface area contributed by atoms with Crippen molar-refractivity contribution >= 4 is 27.5 Å². The van der Waals surface area contributed by atoms with Crippen LogP contribution in [0.15, 0.2) is 28.7 Å². The molecule has 3 N–H and O–H groups in total. The summed E-state index contributed by atoms with van der Waals surface area (Å²) in [6.07, 6.45) is 3.33. The third kappa shape index (κ3) is 3.48. The minimum Gasteiger partial charge on any atom is -0.370 e. The number of anilines is 1. The first-order valence-corrected chi connectivity index (χ1v) is 7.17. The summed E-state index contributed by atoms with van der Waals surface area (Å²) >= 11 is 3.49. The molecular formula is C14H21BrN2O. The van der Waals surface area contributed by atoms with Crippen LogP contribution in [0.1, 0.15) is 39.5 Å². The molecule has 1 aromatic carbocycles. The maximum Gasteiger partial charge on any atom is 0.243 e. The molecule has 1 rings (SSSR count). The number of nitrogens with two attached hydrogens (primary N) is 1. The Morgan fingerprint density at radius 2 is 1.83 bits per heavy atom. The van der Waals surface area contributed by atoms with Crippen LogP contribution in [0.2, 0.25) is 0 Å². The molecule has 0 radical (unpaired) electrons. The van der Waals surface area contributed by atoms with Crippen LogP contribution in [0.3, 0.4) is 0 Å². The average Bonchev–Trinajstić information content (AvgIpc) is 2.32. The Labute approximate surface area is 117 Å². The third-order valence-electron chi connectivity index (χ3n) is 3.07. The second-order valence-corrected chi connectivity index (χ2v) is 5.41. The van der Waals surface area contributed by atoms with E-state index >= 15 is 0 Å². The third-order valence-corrected chi connectivity index (χ3v) is 3.76. The fourth-order valence-corrected chi connectivity index (χ4v) is 2.62. The molecule has 0 aliphatic heterocycles. The van der Waals surface area contributed by atoms with E-state index in [-0.39, 0.29) is 5.91 Å². The molecular weight excluding hydrogens is 292 g/mol. The van der Waals surface area contributed by atoms with Crippen LogP contribution in [0.5, 0.6) is 0 Å². The summed E-state index contributed by atoms with van der Waals surface area (Å²) in [5, 5.41) is 3.34. The number of carbonyl (C=O) groups excluding carboxylic acids is 1. The topological polar surface area (TPSA) is 55.1 Å². The van der Waals surface area contributed by atoms with Gasteiger partial charge in [-0.2, -0.15) is 0 Å². The number of carbonyl (C=O) groups is 1. The first-order chi connectivity index (χ1) is 8.55. The van der Waals surface area contributed by atoms with Crippen LogP contribution >= 0.6 is 15.9 Å². The Morgan fingerprint density at radius 1 is 1.28 bits per heavy atom. The van der Waals surface area contributed by atoms with Crippen molar-refractivity contribution in [3.05, 3.63) is 28.7 Å². The van der Waals surface area contributed by atoms with Gasteiger partial charge in [0, 0.05) is 10.2 Å². The number of hydrogen-bond donors (Lipinski definition) is 2. The molecule has 0 bridgehead atoms. The van der Waals surface area contributed by atoms with Crippen molar-refractivity contribution in [2.45, 2.75) is 45.1 Å². The van der Waals surface area contributed by atoms with Gasteiger partial charge in [0.2, 0.25) is 5.91 Å². The highest BCUT2D eigenvalue weighted by molar-refractivity contribution is 9.10. The maximum absolute atomic E-state index is 11.9. The van der Waals surface area contributed by atoms with Gasteiger partial charge in [0.15, 0.2) is 0 Å². The molecule has 0 heterocycles. The summed E-state index contributed by atoms with van der Waals surface area (Å²) in [4.78, 5) is 11.9. The lowest BCUT2D eigenvalue weighted by atomic mass is 9.87. The number of rotatable bonds is 7. The second-order valence-electron chi connectivity index (χ2n) is 4.55. The van der Waals surface area contributed by atoms with E-state index in [0.29, 0.717) is 0 Å². The van der Waals surface area contributed by atoms with Crippen molar-refractivity contribution in [3.63, 3.8) is 0 Å². The highest BCUT2D eigenvalue weighted by Crippen LogP contribution is 2.29. The number of benzene rings is 1. The zero-order valence-electron chi connectivity index (χ0n) is 11.0. The molecule has 0 atom stereocenters. The summed E-state index contributed by atoms with van der Waals surface area (Å²) in [5.41, 5.74) is 5.89. The molecule has 0 saturated carbocycles. The molecule has 1 aromatic rings. The standard InChI is InChI=1S/C14H21BrN2O/c1-3-9-14(10-4-2,13(16)18)17-12-8-6-5-7-11(12)15/h5-8,17H,3-4,9-10H2,1-2H3,(H2,16,18). The van der Waals surface area contributed by atoms with Gasteiger partial charge < -0.3 is 11.1 Å². The summed E-state index contributed by atoms with van der Waals surface area (Å²) in [6, 6.07) is 7.79. The van der Waals surface area contributed by atoms with E-state index in [2.05, 4.69) is 35.1 Å². The minimum atomic E-state index is -0.645. The molecule has 4 heteroatoms. The van der Waals surface area contributed by atoms with Crippen molar-refractivity contribution < 1.29 is 4.79 Å². The summed E-state index contributed by atoms with van der Waals surface area (Å²) in [7, 11) is 0. The first kappa shape index (κ1) is 15.0. The summed E-state index contributed by atoms with van der Waals surface area (Å²) in [6.45, 7) is 4.13. The van der Waals surface area contributed by atoms with E-state index in [0.717, 1.165) is 35.8 Å². The number of halogens is 1. The number of amides is 1. The quantitative estimate of drug-likeness (QED) is 0.806. The SMILES string of the molecule is CCCC(CCC)(Nc1ccccc1Br)C(N)=O. The number of primary amides is 1. The second kappa shape index (κ2) is 6.78. The van der Waals surface area contributed by atoms with Gasteiger partial charge in [-0.1, -0.05) is 38.8 Å². The van der Waals surface area contributed by atoms with Gasteiger partial charge in [-0.05, 0) is 40.9 Å². The number of para-hydroxylation sites is 1. The summed E-state index contributed by atoms with van der Waals surface area (Å²) < 4.78 is 0.947. The molecule has 0 aliphatic rings. The monoisotopic (exact) mass is 312 g/mol. The lowest BCUT2D eigenvalue weighted by molar-refractivity contribution is -0.122. The lowest BCUT2D eigenvalue weighted by Gasteiger charge is -2.32. The van der Waals surface area contributed by atoms with Crippen molar-refractivity contribution in [1.82, 2.24) is 0 Å². The van der Waals surface area contributed by atoms with Crippen molar-refractivity contribution in [3.8, 4) is 0 Å². The van der Waals surface area contributed by atoms with Crippen molar-refractivity contribution in [2.24, 2.45) is 5.73 Å². The average molecular weight is 313 g/mol. The largest absolute Gasteiger partial charge is 0.370 e. The van der Waals surface area contributed by atoms with E-state index in [9.17, 15) is 4.79 Å². The highest BCUT2D eigenvalue weighted by atomic mass is 79.9. The molecule has 3 nitrogen and oxygen atoms in total. The van der Waals surface area contributed by atoms with E-state index in [1.807, 2.05) is 24.3 Å². The zero-order chi connectivity index (χ0) is 13.6. The van der Waals surface area contributed by atoms with Gasteiger partial charge >= 0.3 is 0 Å². The van der Waals surface area contributed by atoms with Gasteiger partial charge in [-0.15, -0.1) is 0 Å². The normalized spacial score (nSPS) is 11.3. The molecule has 18 heavy (non-hydrogen) atoms. The fourth-order valence-electron chi connectivity index (χ4n) is 2.23. The Balaban J connectivity index is 3.03. The van der Waals surface area contributed by atoms with Gasteiger partial charge in [0.25, 0.3) is 0 Å². The van der Waals surface area contributed by atoms with Crippen LogP contribution in [0, 0.1) is 0 Å². The summed E-state index contributed by atoms with van der Waals surface area (Å²) in [5.74, 6) is -0.276. The van der Waals surface area contributed by atoms with Gasteiger partial charge in [-0.25, -0.2) is 0 Å². The van der Waals surface area contributed by atoms with Crippen LogP contribution in [0.25, 0.3) is 0 Å². The van der Waals surface area contributed by atoms with E-state index < -0.39 is 5.54 Å². The zero-order valence-corrected chi connectivity index (χ0v) is 12.6. The van der Waals surface area contributed by atoms with Crippen molar-refractivity contribution in [2.75, 3.05) is 5.32 Å². The molecule has 100 valence electrons. The maximum atomic E-state index is 11.9. The minimum absolute atomic E-state index is 0.276. The molecule has 0 aromatic heterocycles. The molecule has 0 saturated heterocycles. The van der Waals surface area contributed by atoms with Crippen LogP contribution in [0.4, 0.5) is 5.69 Å². The lowest BCUT2D eigenvalue weighted by Crippen LogP contribution is -2.50. The number of hydrogen-bond acceptors (Lipinski definition) is 2. The smallest absolute Gasteiger partial charge is 0.243 e. The number of nitrogens with one attached hydrogen (secondary N) is 1. The van der Waals surface area contributed by atoms with Gasteiger partial charge in [0.1, 0.15) is 5.54 Å². The predicted octanol–water partition coefficient (Wildman–Crippen LogP) is 3.69. The molecule has 0 aliphatic carbocycles. The fraction of sp³-hybridized carbons (Fsp3) is 0.500. The van der Waals surface area contributed by atoms with Crippen molar-refractivity contribution in [1.29, 1.82) is 0 Å². The first-order valence-electron chi connectivity index (χ1n) is 6.38. The van der Waals surface area contributed by atoms with Crippen LogP contribution in [-0.4, -0.2) is 11.4 Å². The molecule has 0 unspecified atom stereocenters. The Kier molecular flexibility index (Phi) is 5.66. The van der Waals surface area contributed by atoms with Crippen LogP contribution in [-0.2, 0) is 4.79 Å². The Hall–Kier alpha value is -1.03. The van der Waals surface area contributed by atoms with Gasteiger partial charge in [0.05, 0.1) is 0 Å². The highest BCUT2D eigenvalue weighted by Gasteiger charge is 2.34. The van der Waals surface area contributed by atoms with Crippen LogP contribution < -0.4 is 11.1 Å². The molecule has 0 fully saturated rings. The predicted molar refractivity (Wildman–Crippen MR) is 79.5 cm³/mol. The Bertz CT molecular complexity index is 401. The molecule has 1 amide bonds. The van der Waals surface area contributed by atoms with Gasteiger partial charge in [-0.3, -0.25) is 4.79 Å². The molecule has 0 spiro atoms. The van der Waals surface area contributed by atoms with E-state index in [4.69, 9.17) is 5.73 Å². The van der Waals surface area contributed by atoms with E-state index in [1.165, 1.54) is 0 Å².